The van der Waals surface area contributed by atoms with Gasteiger partial charge in [-0.2, -0.15) is 5.26 Å². The molecule has 5 nitrogen and oxygen atoms in total. The minimum Gasteiger partial charge on any atom is -0.346 e. The highest BCUT2D eigenvalue weighted by molar-refractivity contribution is 7.80. The summed E-state index contributed by atoms with van der Waals surface area (Å²) in [5, 5.41) is 11.9. The molecule has 0 atom stereocenters. The predicted octanol–water partition coefficient (Wildman–Crippen LogP) is 1.16. The minimum atomic E-state index is -0.0805. The zero-order valence-electron chi connectivity index (χ0n) is 12.5. The number of carbonyl (C=O) groups excluding carboxylic acids is 1. The molecule has 1 saturated heterocycles. The van der Waals surface area contributed by atoms with Crippen LogP contribution in [0.4, 0.5) is 0 Å². The summed E-state index contributed by atoms with van der Waals surface area (Å²) < 4.78 is 0. The van der Waals surface area contributed by atoms with E-state index in [2.05, 4.69) is 16.3 Å². The van der Waals surface area contributed by atoms with Gasteiger partial charge in [-0.25, -0.2) is 0 Å². The summed E-state index contributed by atoms with van der Waals surface area (Å²) in [5.74, 6) is -0.0805. The molecule has 1 aromatic rings. The maximum Gasteiger partial charge on any atom is 0.230 e. The summed E-state index contributed by atoms with van der Waals surface area (Å²) in [5.41, 5.74) is 0.976. The van der Waals surface area contributed by atoms with E-state index in [1.807, 2.05) is 35.2 Å². The first-order valence-electron chi connectivity index (χ1n) is 7.41. The first-order chi connectivity index (χ1) is 10.7. The third-order valence-electron chi connectivity index (χ3n) is 3.65. The lowest BCUT2D eigenvalue weighted by Crippen LogP contribution is -2.52. The van der Waals surface area contributed by atoms with E-state index < -0.39 is 0 Å². The van der Waals surface area contributed by atoms with Crippen LogP contribution in [0.2, 0.25) is 0 Å². The van der Waals surface area contributed by atoms with E-state index in [1.165, 1.54) is 0 Å². The van der Waals surface area contributed by atoms with Crippen molar-refractivity contribution in [1.82, 2.24) is 15.1 Å². The lowest BCUT2D eigenvalue weighted by Gasteiger charge is -2.35. The van der Waals surface area contributed by atoms with E-state index in [9.17, 15) is 4.79 Å². The van der Waals surface area contributed by atoms with Crippen molar-refractivity contribution in [3.63, 3.8) is 0 Å². The molecule has 22 heavy (non-hydrogen) atoms. The Morgan fingerprint density at radius 3 is 2.55 bits per heavy atom. The summed E-state index contributed by atoms with van der Waals surface area (Å²) >= 11 is 5.32. The van der Waals surface area contributed by atoms with Gasteiger partial charge < -0.3 is 10.2 Å². The first kappa shape index (κ1) is 16.4. The molecular weight excluding hydrogens is 296 g/mol. The number of piperazine rings is 1. The van der Waals surface area contributed by atoms with Gasteiger partial charge in [-0.1, -0.05) is 30.3 Å². The molecule has 0 spiro atoms. The number of carbonyl (C=O) groups is 1. The number of thiocarbonyl (C=S) groups is 1. The number of nitrogens with zero attached hydrogens (tertiary/aromatic N) is 3. The lowest BCUT2D eigenvalue weighted by atomic mass is 10.1. The van der Waals surface area contributed by atoms with Crippen LogP contribution in [0.5, 0.6) is 0 Å². The van der Waals surface area contributed by atoms with E-state index in [0.717, 1.165) is 38.3 Å². The minimum absolute atomic E-state index is 0.0805. The van der Waals surface area contributed by atoms with Crippen molar-refractivity contribution in [2.24, 2.45) is 0 Å². The monoisotopic (exact) mass is 316 g/mol. The van der Waals surface area contributed by atoms with Gasteiger partial charge in [-0.15, -0.1) is 0 Å². The third-order valence-corrected chi connectivity index (χ3v) is 4.01. The van der Waals surface area contributed by atoms with Crippen LogP contribution >= 0.6 is 12.2 Å². The number of hydrogen-bond acceptors (Lipinski definition) is 4. The van der Waals surface area contributed by atoms with Crippen molar-refractivity contribution < 1.29 is 4.79 Å². The zero-order chi connectivity index (χ0) is 15.8. The molecule has 1 N–H and O–H groups in total. The summed E-state index contributed by atoms with van der Waals surface area (Å²) in [6, 6.07) is 11.8. The van der Waals surface area contributed by atoms with Gasteiger partial charge in [0.05, 0.1) is 12.5 Å². The summed E-state index contributed by atoms with van der Waals surface area (Å²) in [6.07, 6.45) is 0.890. The SMILES string of the molecule is N#CCCN1CCN(C(=S)NC(=O)Cc2ccccc2)CC1. The summed E-state index contributed by atoms with van der Waals surface area (Å²) in [6.45, 7) is 4.12. The van der Waals surface area contributed by atoms with E-state index >= 15 is 0 Å². The van der Waals surface area contributed by atoms with Crippen molar-refractivity contribution in [2.75, 3.05) is 32.7 Å². The van der Waals surface area contributed by atoms with Crippen LogP contribution in [0.1, 0.15) is 12.0 Å². The van der Waals surface area contributed by atoms with Crippen LogP contribution in [0.3, 0.4) is 0 Å². The van der Waals surface area contributed by atoms with E-state index in [-0.39, 0.29) is 5.91 Å². The highest BCUT2D eigenvalue weighted by Crippen LogP contribution is 2.04. The van der Waals surface area contributed by atoms with E-state index in [0.29, 0.717) is 18.0 Å². The molecule has 0 radical (unpaired) electrons. The Bertz CT molecular complexity index is 547. The molecule has 0 saturated carbocycles. The number of benzene rings is 1. The van der Waals surface area contributed by atoms with Crippen LogP contribution in [0.15, 0.2) is 30.3 Å². The second-order valence-corrected chi connectivity index (χ2v) is 5.64. The van der Waals surface area contributed by atoms with Gasteiger partial charge in [0, 0.05) is 39.1 Å². The molecule has 116 valence electrons. The Morgan fingerprint density at radius 2 is 1.91 bits per heavy atom. The maximum absolute atomic E-state index is 12.0. The van der Waals surface area contributed by atoms with E-state index in [1.54, 1.807) is 0 Å². The molecule has 1 aliphatic heterocycles. The fourth-order valence-electron chi connectivity index (χ4n) is 2.41. The van der Waals surface area contributed by atoms with Crippen LogP contribution in [0, 0.1) is 11.3 Å². The summed E-state index contributed by atoms with van der Waals surface area (Å²) in [4.78, 5) is 16.3. The van der Waals surface area contributed by atoms with Crippen LogP contribution in [0.25, 0.3) is 0 Å². The van der Waals surface area contributed by atoms with Gasteiger partial charge in [-0.05, 0) is 17.8 Å². The Labute approximate surface area is 136 Å². The normalized spacial score (nSPS) is 15.1. The van der Waals surface area contributed by atoms with Crippen molar-refractivity contribution in [2.45, 2.75) is 12.8 Å². The average Bonchev–Trinajstić information content (AvgIpc) is 2.54. The van der Waals surface area contributed by atoms with Gasteiger partial charge in [0.25, 0.3) is 0 Å². The highest BCUT2D eigenvalue weighted by Gasteiger charge is 2.19. The third kappa shape index (κ3) is 5.10. The van der Waals surface area contributed by atoms with Gasteiger partial charge in [0.2, 0.25) is 5.91 Å². The fraction of sp³-hybridized carbons (Fsp3) is 0.438. The Hall–Kier alpha value is -1.97. The molecule has 0 aromatic heterocycles. The van der Waals surface area contributed by atoms with Crippen molar-refractivity contribution in [3.05, 3.63) is 35.9 Å². The molecule has 1 aliphatic rings. The predicted molar refractivity (Wildman–Crippen MR) is 89.1 cm³/mol. The number of nitriles is 1. The van der Waals surface area contributed by atoms with Gasteiger partial charge in [0.1, 0.15) is 0 Å². The van der Waals surface area contributed by atoms with Crippen LogP contribution in [-0.4, -0.2) is 53.5 Å². The smallest absolute Gasteiger partial charge is 0.230 e. The Balaban J connectivity index is 1.74. The molecule has 1 fully saturated rings. The highest BCUT2D eigenvalue weighted by atomic mass is 32.1. The molecule has 2 rings (SSSR count). The zero-order valence-corrected chi connectivity index (χ0v) is 13.3. The Morgan fingerprint density at radius 1 is 1.23 bits per heavy atom. The molecule has 0 aliphatic carbocycles. The summed E-state index contributed by atoms with van der Waals surface area (Å²) in [7, 11) is 0. The Kier molecular flexibility index (Phi) is 6.31. The topological polar surface area (TPSA) is 59.4 Å². The van der Waals surface area contributed by atoms with Crippen molar-refractivity contribution >= 4 is 23.2 Å². The van der Waals surface area contributed by atoms with Gasteiger partial charge in [0.15, 0.2) is 5.11 Å². The number of nitrogens with one attached hydrogen (secondary N) is 1. The van der Waals surface area contributed by atoms with E-state index in [4.69, 9.17) is 17.5 Å². The molecule has 1 heterocycles. The standard InChI is InChI=1S/C16H20N4OS/c17-7-4-8-19-9-11-20(12-10-19)16(22)18-15(21)13-14-5-2-1-3-6-14/h1-3,5-6H,4,8-13H2,(H,18,21,22). The van der Waals surface area contributed by atoms with Crippen LogP contribution < -0.4 is 5.32 Å². The van der Waals surface area contributed by atoms with Gasteiger partial charge >= 0.3 is 0 Å². The largest absolute Gasteiger partial charge is 0.346 e. The van der Waals surface area contributed by atoms with Crippen molar-refractivity contribution in [1.29, 1.82) is 5.26 Å². The molecular formula is C16H20N4OS. The fourth-order valence-corrected chi connectivity index (χ4v) is 2.70. The maximum atomic E-state index is 12.0. The number of hydrogen-bond donors (Lipinski definition) is 1. The van der Waals surface area contributed by atoms with Crippen LogP contribution in [-0.2, 0) is 11.2 Å². The number of rotatable bonds is 4. The van der Waals surface area contributed by atoms with Crippen molar-refractivity contribution in [3.8, 4) is 6.07 Å². The quantitative estimate of drug-likeness (QED) is 0.845. The second kappa shape index (κ2) is 8.47. The molecule has 1 aromatic carbocycles. The molecule has 1 amide bonds. The number of amides is 1. The lowest BCUT2D eigenvalue weighted by molar-refractivity contribution is -0.119. The first-order valence-corrected chi connectivity index (χ1v) is 7.82. The molecule has 0 bridgehead atoms. The average molecular weight is 316 g/mol. The van der Waals surface area contributed by atoms with Gasteiger partial charge in [-0.3, -0.25) is 9.69 Å². The second-order valence-electron chi connectivity index (χ2n) is 5.25. The molecule has 6 heteroatoms. The molecule has 0 unspecified atom stereocenters.